The van der Waals surface area contributed by atoms with E-state index in [1.807, 2.05) is 36.0 Å². The van der Waals surface area contributed by atoms with Crippen LogP contribution in [0.2, 0.25) is 0 Å². The highest BCUT2D eigenvalue weighted by atomic mass is 32.2. The fourth-order valence-corrected chi connectivity index (χ4v) is 5.69. The Morgan fingerprint density at radius 1 is 1.09 bits per heavy atom. The van der Waals surface area contributed by atoms with Crippen LogP contribution in [-0.4, -0.2) is 66.0 Å². The smallest absolute Gasteiger partial charge is 0.261 e. The van der Waals surface area contributed by atoms with Crippen LogP contribution in [0.25, 0.3) is 10.8 Å². The second-order valence-corrected chi connectivity index (χ2v) is 10.2. The number of terminal acetylenes is 1. The fourth-order valence-electron chi connectivity index (χ4n) is 4.79. The Morgan fingerprint density at radius 3 is 2.54 bits per heavy atom. The fraction of sp³-hybridized carbons (Fsp3) is 0.423. The lowest BCUT2D eigenvalue weighted by Crippen LogP contribution is -2.44. The Bertz CT molecular complexity index is 1230. The van der Waals surface area contributed by atoms with Crippen molar-refractivity contribution in [3.05, 3.63) is 41.5 Å². The maximum absolute atomic E-state index is 13.3. The molecule has 3 aliphatic rings. The molecule has 180 valence electrons. The third-order valence-electron chi connectivity index (χ3n) is 6.78. The van der Waals surface area contributed by atoms with Crippen molar-refractivity contribution in [3.8, 4) is 12.3 Å². The zero-order valence-corrected chi connectivity index (χ0v) is 20.3. The third kappa shape index (κ3) is 4.63. The quantitative estimate of drug-likeness (QED) is 0.430. The van der Waals surface area contributed by atoms with Crippen molar-refractivity contribution in [3.63, 3.8) is 0 Å². The molecule has 0 radical (unpaired) electrons. The van der Waals surface area contributed by atoms with Gasteiger partial charge in [-0.05, 0) is 18.2 Å². The molecular formula is C26H27N5O3S. The first-order valence-electron chi connectivity index (χ1n) is 11.9. The maximum atomic E-state index is 13.3. The molecule has 35 heavy (non-hydrogen) atoms. The third-order valence-corrected chi connectivity index (χ3v) is 7.73. The number of nitrogens with one attached hydrogen (secondary N) is 1. The van der Waals surface area contributed by atoms with E-state index in [2.05, 4.69) is 26.4 Å². The molecule has 0 spiro atoms. The van der Waals surface area contributed by atoms with Crippen molar-refractivity contribution < 1.29 is 14.4 Å². The lowest BCUT2D eigenvalue weighted by Gasteiger charge is -2.32. The minimum atomic E-state index is -0.503. The summed E-state index contributed by atoms with van der Waals surface area (Å²) in [5.41, 5.74) is 1.63. The van der Waals surface area contributed by atoms with Gasteiger partial charge in [0.2, 0.25) is 5.91 Å². The molecular weight excluding hydrogens is 462 g/mol. The van der Waals surface area contributed by atoms with Gasteiger partial charge in [-0.3, -0.25) is 19.3 Å². The van der Waals surface area contributed by atoms with Gasteiger partial charge in [0, 0.05) is 91.0 Å². The highest BCUT2D eigenvalue weighted by Gasteiger charge is 2.39. The first-order chi connectivity index (χ1) is 17.0. The van der Waals surface area contributed by atoms with Crippen LogP contribution in [0.15, 0.2) is 40.6 Å². The molecule has 5 rings (SSSR count). The van der Waals surface area contributed by atoms with Crippen LogP contribution in [0.3, 0.4) is 0 Å². The van der Waals surface area contributed by atoms with E-state index in [1.54, 1.807) is 6.07 Å². The largest absolute Gasteiger partial charge is 0.369 e. The molecule has 0 unspecified atom stereocenters. The minimum Gasteiger partial charge on any atom is -0.369 e. The molecule has 8 nitrogen and oxygen atoms in total. The van der Waals surface area contributed by atoms with Crippen molar-refractivity contribution in [2.45, 2.75) is 31.3 Å². The lowest BCUT2D eigenvalue weighted by atomic mass is 9.92. The van der Waals surface area contributed by atoms with Gasteiger partial charge in [0.05, 0.1) is 0 Å². The molecule has 1 N–H and O–H groups in total. The van der Waals surface area contributed by atoms with Crippen LogP contribution in [0.5, 0.6) is 0 Å². The van der Waals surface area contributed by atoms with E-state index in [-0.39, 0.29) is 37.2 Å². The van der Waals surface area contributed by atoms with Gasteiger partial charge >= 0.3 is 0 Å². The Morgan fingerprint density at radius 2 is 1.83 bits per heavy atom. The number of nitrogens with zero attached hydrogens (tertiary/aromatic N) is 4. The number of benzene rings is 2. The molecule has 9 heteroatoms. The average Bonchev–Trinajstić information content (AvgIpc) is 3.67. The topological polar surface area (TPSA) is 94.4 Å². The summed E-state index contributed by atoms with van der Waals surface area (Å²) in [5.74, 6) is 3.90. The molecule has 1 fully saturated rings. The van der Waals surface area contributed by atoms with Crippen LogP contribution in [-0.2, 0) is 4.79 Å². The second-order valence-electron chi connectivity index (χ2n) is 8.96. The molecule has 2 aromatic carbocycles. The summed E-state index contributed by atoms with van der Waals surface area (Å²) in [6.07, 6.45) is 7.29. The van der Waals surface area contributed by atoms with Crippen LogP contribution < -0.4 is 10.2 Å². The zero-order valence-electron chi connectivity index (χ0n) is 19.5. The molecule has 2 aromatic rings. The van der Waals surface area contributed by atoms with E-state index in [0.717, 1.165) is 41.1 Å². The molecule has 0 saturated carbocycles. The van der Waals surface area contributed by atoms with Crippen LogP contribution in [0.1, 0.15) is 46.4 Å². The molecule has 3 amide bonds. The van der Waals surface area contributed by atoms with Gasteiger partial charge in [-0.25, -0.2) is 0 Å². The Kier molecular flexibility index (Phi) is 6.48. The van der Waals surface area contributed by atoms with Crippen molar-refractivity contribution in [1.82, 2.24) is 10.2 Å². The molecule has 1 saturated heterocycles. The van der Waals surface area contributed by atoms with E-state index in [1.165, 1.54) is 4.90 Å². The molecule has 0 bridgehead atoms. The zero-order chi connectivity index (χ0) is 24.4. The van der Waals surface area contributed by atoms with Crippen LogP contribution in [0, 0.1) is 12.3 Å². The number of amides is 3. The number of rotatable bonds is 9. The summed E-state index contributed by atoms with van der Waals surface area (Å²) < 4.78 is 0. The standard InChI is InChI=1S/C26H27N5O3S/c1-2-3-10-26(28-29-26)11-9-22(32)27-12-13-31-24(33)19-6-4-5-18-21(30-14-16-35-17-15-30)8-7-20(23(18)19)25(31)34/h1,4-8H,3,9-17H2,(H,27,32). The Balaban J connectivity index is 1.24. The van der Waals surface area contributed by atoms with Gasteiger partial charge < -0.3 is 10.2 Å². The summed E-state index contributed by atoms with van der Waals surface area (Å²) in [6.45, 7) is 2.20. The summed E-state index contributed by atoms with van der Waals surface area (Å²) in [4.78, 5) is 42.4. The van der Waals surface area contributed by atoms with E-state index in [9.17, 15) is 14.4 Å². The molecule has 0 aromatic heterocycles. The number of imide groups is 1. The lowest BCUT2D eigenvalue weighted by molar-refractivity contribution is -0.121. The number of carbonyl (C=O) groups excluding carboxylic acids is 3. The predicted molar refractivity (Wildman–Crippen MR) is 137 cm³/mol. The predicted octanol–water partition coefficient (Wildman–Crippen LogP) is 3.46. The number of hydrogen-bond donors (Lipinski definition) is 1. The van der Waals surface area contributed by atoms with Crippen molar-refractivity contribution >= 4 is 45.9 Å². The Hall–Kier alpha value is -3.38. The van der Waals surface area contributed by atoms with Crippen molar-refractivity contribution in [2.75, 3.05) is 42.6 Å². The van der Waals surface area contributed by atoms with Gasteiger partial charge in [0.15, 0.2) is 5.66 Å². The summed E-state index contributed by atoms with van der Waals surface area (Å²) >= 11 is 1.94. The highest BCUT2D eigenvalue weighted by molar-refractivity contribution is 7.99. The molecule has 3 aliphatic heterocycles. The van der Waals surface area contributed by atoms with E-state index in [4.69, 9.17) is 6.42 Å². The van der Waals surface area contributed by atoms with Gasteiger partial charge in [-0.1, -0.05) is 12.1 Å². The van der Waals surface area contributed by atoms with Crippen LogP contribution >= 0.6 is 11.8 Å². The maximum Gasteiger partial charge on any atom is 0.261 e. The first-order valence-corrected chi connectivity index (χ1v) is 13.1. The van der Waals surface area contributed by atoms with Gasteiger partial charge in [0.1, 0.15) is 0 Å². The highest BCUT2D eigenvalue weighted by Crippen LogP contribution is 2.38. The number of carbonyl (C=O) groups is 3. The molecule has 0 aliphatic carbocycles. The SMILES string of the molecule is C#CCCC1(CCC(=O)NCCN2C(=O)c3cccc4c(N5CCSCC5)ccc(c34)C2=O)N=N1. The summed E-state index contributed by atoms with van der Waals surface area (Å²) in [6, 6.07) is 9.48. The molecule has 3 heterocycles. The normalized spacial score (nSPS) is 18.0. The van der Waals surface area contributed by atoms with Crippen molar-refractivity contribution in [1.29, 1.82) is 0 Å². The van der Waals surface area contributed by atoms with Crippen LogP contribution in [0.4, 0.5) is 5.69 Å². The summed E-state index contributed by atoms with van der Waals surface area (Å²) in [7, 11) is 0. The Labute approximate surface area is 208 Å². The number of thioether (sulfide) groups is 1. The van der Waals surface area contributed by atoms with E-state index < -0.39 is 5.66 Å². The van der Waals surface area contributed by atoms with Gasteiger partial charge in [-0.2, -0.15) is 22.0 Å². The first kappa shape index (κ1) is 23.4. The average molecular weight is 490 g/mol. The number of hydrogen-bond acceptors (Lipinski definition) is 7. The molecule has 0 atom stereocenters. The van der Waals surface area contributed by atoms with Gasteiger partial charge in [-0.15, -0.1) is 12.3 Å². The van der Waals surface area contributed by atoms with E-state index >= 15 is 0 Å². The minimum absolute atomic E-state index is 0.112. The number of anilines is 1. The second kappa shape index (κ2) is 9.70. The van der Waals surface area contributed by atoms with E-state index in [0.29, 0.717) is 30.4 Å². The monoisotopic (exact) mass is 489 g/mol. The van der Waals surface area contributed by atoms with Crippen molar-refractivity contribution in [2.24, 2.45) is 10.2 Å². The van der Waals surface area contributed by atoms with Gasteiger partial charge in [0.25, 0.3) is 11.8 Å². The summed E-state index contributed by atoms with van der Waals surface area (Å²) in [5, 5.41) is 12.6.